The van der Waals surface area contributed by atoms with Crippen LogP contribution in [0.5, 0.6) is 0 Å². The maximum absolute atomic E-state index is 6.47. The van der Waals surface area contributed by atoms with Gasteiger partial charge in [-0.15, -0.1) is 94.5 Å². The molecule has 12 rings (SSSR count). The molecule has 8 aromatic carbocycles. The number of benzene rings is 8. The second-order valence-electron chi connectivity index (χ2n) is 17.6. The molecule has 0 bridgehead atoms. The Balaban J connectivity index is 0.00000533. The number of para-hydroxylation sites is 2. The van der Waals surface area contributed by atoms with Crippen LogP contribution in [0.4, 0.5) is 0 Å². The fourth-order valence-electron chi connectivity index (χ4n) is 9.55. The monoisotopic (exact) mass is 1080 g/mol. The van der Waals surface area contributed by atoms with Gasteiger partial charge in [0.2, 0.25) is 0 Å². The van der Waals surface area contributed by atoms with Gasteiger partial charge in [-0.2, -0.15) is 0 Å². The van der Waals surface area contributed by atoms with Crippen molar-refractivity contribution < 1.29 is 24.5 Å². The van der Waals surface area contributed by atoms with E-state index in [2.05, 4.69) is 180 Å². The summed E-state index contributed by atoms with van der Waals surface area (Å²) in [5, 5.41) is 3.32. The summed E-state index contributed by atoms with van der Waals surface area (Å²) in [7, 11) is 0. The van der Waals surface area contributed by atoms with Gasteiger partial charge < -0.3 is 14.4 Å². The minimum atomic E-state index is 0. The first-order valence-electron chi connectivity index (χ1n) is 23.6. The third-order valence-electron chi connectivity index (χ3n) is 13.1. The SMILES string of the molecule is [Ir+3].[c-]1cc(CCc2cc(CCc3c[c-]c(-c4ccccn4)cc3)cc(-c3ccccc3-c3c[c-]c(-c4ccc5ccccc5n4)cc3-c3ccc4c(c3)oc3ccccc34)c2)ccc1-c1ccccn1. The van der Waals surface area contributed by atoms with E-state index in [9.17, 15) is 0 Å². The standard InChI is InChI=1S/C65H44N3O.Ir/c1-5-17-62-48(11-1)33-36-63(68-62)52-32-34-56(59(42-52)51-31-35-58-57-14-4-6-18-64(57)69-65(58)43-51)55-13-3-2-12-54(55)53-40-46(21-19-44-23-27-49(28-24-44)60-15-7-9-37-66-60)39-47(41-53)22-20-45-25-29-50(30-26-45)61-16-8-10-38-67-61;/h1-18,23-27,29,31,33-43H,19-22H2;/q-3;+3. The summed E-state index contributed by atoms with van der Waals surface area (Å²) in [5.74, 6) is 0. The van der Waals surface area contributed by atoms with Crippen LogP contribution in [0.1, 0.15) is 22.3 Å². The average Bonchev–Trinajstić information content (AvgIpc) is 3.80. The first kappa shape index (κ1) is 44.4. The van der Waals surface area contributed by atoms with Crippen LogP contribution in [0.25, 0.3) is 100.0 Å². The number of hydrogen-bond donors (Lipinski definition) is 0. The molecule has 0 saturated carbocycles. The van der Waals surface area contributed by atoms with Gasteiger partial charge in [0, 0.05) is 23.2 Å². The van der Waals surface area contributed by atoms with Gasteiger partial charge in [0.05, 0.1) is 5.52 Å². The van der Waals surface area contributed by atoms with Crippen LogP contribution in [0, 0.1) is 18.2 Å². The van der Waals surface area contributed by atoms with E-state index in [4.69, 9.17) is 9.40 Å². The van der Waals surface area contributed by atoms with Gasteiger partial charge >= 0.3 is 20.1 Å². The van der Waals surface area contributed by atoms with E-state index >= 15 is 0 Å². The molecule has 0 radical (unpaired) electrons. The fraction of sp³-hybridized carbons (Fsp3) is 0.0615. The average molecular weight is 1080 g/mol. The Morgan fingerprint density at radius 1 is 0.371 bits per heavy atom. The summed E-state index contributed by atoms with van der Waals surface area (Å²) in [4.78, 5) is 14.2. The minimum Gasteiger partial charge on any atom is -0.456 e. The Morgan fingerprint density at radius 2 is 0.986 bits per heavy atom. The Bertz CT molecular complexity index is 3670. The number of furan rings is 1. The Labute approximate surface area is 421 Å². The van der Waals surface area contributed by atoms with Gasteiger partial charge in [0.15, 0.2) is 0 Å². The maximum Gasteiger partial charge on any atom is 3.00 e. The summed E-state index contributed by atoms with van der Waals surface area (Å²) in [5.41, 5.74) is 20.2. The topological polar surface area (TPSA) is 51.8 Å². The molecule has 4 aromatic heterocycles. The molecule has 334 valence electrons. The molecular weight excluding hydrogens is 1030 g/mol. The summed E-state index contributed by atoms with van der Waals surface area (Å²) < 4.78 is 6.47. The molecule has 12 aromatic rings. The van der Waals surface area contributed by atoms with E-state index < -0.39 is 0 Å². The van der Waals surface area contributed by atoms with E-state index in [1.54, 1.807) is 0 Å². The molecular formula is C65H44IrN3O. The van der Waals surface area contributed by atoms with E-state index in [0.29, 0.717) is 0 Å². The van der Waals surface area contributed by atoms with Crippen molar-refractivity contribution in [2.75, 3.05) is 0 Å². The van der Waals surface area contributed by atoms with Crippen LogP contribution < -0.4 is 0 Å². The van der Waals surface area contributed by atoms with Gasteiger partial charge in [0.25, 0.3) is 0 Å². The van der Waals surface area contributed by atoms with Gasteiger partial charge in [-0.05, 0) is 99.5 Å². The molecule has 0 spiro atoms. The van der Waals surface area contributed by atoms with Crippen molar-refractivity contribution in [3.05, 3.63) is 259 Å². The van der Waals surface area contributed by atoms with Crippen molar-refractivity contribution in [2.24, 2.45) is 0 Å². The molecule has 0 saturated heterocycles. The van der Waals surface area contributed by atoms with Crippen LogP contribution in [-0.4, -0.2) is 15.0 Å². The van der Waals surface area contributed by atoms with Crippen LogP contribution in [-0.2, 0) is 45.8 Å². The van der Waals surface area contributed by atoms with Gasteiger partial charge in [-0.25, -0.2) is 0 Å². The molecule has 0 amide bonds. The molecule has 0 aliphatic carbocycles. The number of rotatable bonds is 12. The molecule has 5 heteroatoms. The van der Waals surface area contributed by atoms with Crippen LogP contribution >= 0.6 is 0 Å². The number of pyridine rings is 3. The summed E-state index contributed by atoms with van der Waals surface area (Å²) >= 11 is 0. The summed E-state index contributed by atoms with van der Waals surface area (Å²) in [6.07, 6.45) is 7.21. The van der Waals surface area contributed by atoms with Crippen LogP contribution in [0.15, 0.2) is 223 Å². The summed E-state index contributed by atoms with van der Waals surface area (Å²) in [6, 6.07) is 83.3. The van der Waals surface area contributed by atoms with E-state index in [0.717, 1.165) is 120 Å². The predicted molar refractivity (Wildman–Crippen MR) is 281 cm³/mol. The van der Waals surface area contributed by atoms with Crippen molar-refractivity contribution >= 4 is 32.8 Å². The van der Waals surface area contributed by atoms with Gasteiger partial charge in [-0.3, -0.25) is 4.98 Å². The molecule has 0 unspecified atom stereocenters. The van der Waals surface area contributed by atoms with E-state index in [1.807, 2.05) is 67.0 Å². The normalized spacial score (nSPS) is 11.3. The number of hydrogen-bond acceptors (Lipinski definition) is 4. The zero-order valence-corrected chi connectivity index (χ0v) is 40.6. The molecule has 4 nitrogen and oxygen atoms in total. The first-order valence-corrected chi connectivity index (χ1v) is 23.6. The van der Waals surface area contributed by atoms with E-state index in [1.165, 1.54) is 27.8 Å². The molecule has 0 fully saturated rings. The predicted octanol–water partition coefficient (Wildman–Crippen LogP) is 15.9. The third-order valence-corrected chi connectivity index (χ3v) is 13.1. The fourth-order valence-corrected chi connectivity index (χ4v) is 9.55. The molecule has 0 aliphatic heterocycles. The zero-order chi connectivity index (χ0) is 45.9. The Morgan fingerprint density at radius 3 is 1.67 bits per heavy atom. The summed E-state index contributed by atoms with van der Waals surface area (Å²) in [6.45, 7) is 0. The smallest absolute Gasteiger partial charge is 0.456 e. The largest absolute Gasteiger partial charge is 3.00 e. The Hall–Kier alpha value is -8.08. The quantitative estimate of drug-likeness (QED) is 0.114. The van der Waals surface area contributed by atoms with Crippen molar-refractivity contribution in [3.8, 4) is 67.2 Å². The minimum absolute atomic E-state index is 0. The third kappa shape index (κ3) is 9.25. The Kier molecular flexibility index (Phi) is 12.6. The first-order chi connectivity index (χ1) is 34.1. The van der Waals surface area contributed by atoms with Crippen molar-refractivity contribution in [1.82, 2.24) is 15.0 Å². The molecule has 4 heterocycles. The van der Waals surface area contributed by atoms with Gasteiger partial charge in [-0.1, -0.05) is 151 Å². The van der Waals surface area contributed by atoms with Gasteiger partial charge in [0.1, 0.15) is 11.2 Å². The second kappa shape index (κ2) is 19.9. The number of aryl methyl sites for hydroxylation is 4. The van der Waals surface area contributed by atoms with Crippen molar-refractivity contribution in [2.45, 2.75) is 25.7 Å². The molecule has 70 heavy (non-hydrogen) atoms. The zero-order valence-electron chi connectivity index (χ0n) is 38.2. The maximum atomic E-state index is 6.47. The molecule has 0 N–H and O–H groups in total. The number of fused-ring (bicyclic) bond motifs is 4. The van der Waals surface area contributed by atoms with Crippen LogP contribution in [0.3, 0.4) is 0 Å². The van der Waals surface area contributed by atoms with E-state index in [-0.39, 0.29) is 20.1 Å². The van der Waals surface area contributed by atoms with Crippen molar-refractivity contribution in [3.63, 3.8) is 0 Å². The molecule has 0 atom stereocenters. The number of nitrogens with zero attached hydrogens (tertiary/aromatic N) is 3. The molecule has 0 aliphatic rings. The number of aromatic nitrogens is 3. The van der Waals surface area contributed by atoms with Crippen LogP contribution in [0.2, 0.25) is 0 Å². The second-order valence-corrected chi connectivity index (χ2v) is 17.6. The van der Waals surface area contributed by atoms with Crippen molar-refractivity contribution in [1.29, 1.82) is 0 Å².